The number of fused-ring (bicyclic) bond motifs is 1. The van der Waals surface area contributed by atoms with Crippen LogP contribution in [0.15, 0.2) is 23.1 Å². The van der Waals surface area contributed by atoms with E-state index in [1.54, 1.807) is 19.2 Å². The van der Waals surface area contributed by atoms with Gasteiger partial charge in [-0.25, -0.2) is 8.42 Å². The molecule has 0 radical (unpaired) electrons. The monoisotopic (exact) mass is 296 g/mol. The Hall–Kier alpha value is -1.11. The molecule has 110 valence electrons. The van der Waals surface area contributed by atoms with Crippen molar-refractivity contribution < 1.29 is 13.2 Å². The van der Waals surface area contributed by atoms with Crippen LogP contribution in [0, 0.1) is 0 Å². The van der Waals surface area contributed by atoms with Crippen LogP contribution in [0.4, 0.5) is 0 Å². The number of benzene rings is 1. The highest BCUT2D eigenvalue weighted by molar-refractivity contribution is 7.91. The molecule has 0 aliphatic carbocycles. The lowest BCUT2D eigenvalue weighted by atomic mass is 9.99. The fourth-order valence-corrected chi connectivity index (χ4v) is 5.03. The molecule has 3 rings (SSSR count). The zero-order valence-electron chi connectivity index (χ0n) is 11.6. The highest BCUT2D eigenvalue weighted by Crippen LogP contribution is 2.41. The van der Waals surface area contributed by atoms with Crippen molar-refractivity contribution in [3.05, 3.63) is 23.8 Å². The Morgan fingerprint density at radius 2 is 2.10 bits per heavy atom. The highest BCUT2D eigenvalue weighted by Gasteiger charge is 2.37. The molecule has 2 aliphatic heterocycles. The summed E-state index contributed by atoms with van der Waals surface area (Å²) in [6, 6.07) is 5.30. The average molecular weight is 296 g/mol. The Balaban J connectivity index is 1.91. The second-order valence-electron chi connectivity index (χ2n) is 5.40. The van der Waals surface area contributed by atoms with Crippen molar-refractivity contribution >= 4 is 9.84 Å². The number of sulfone groups is 1. The van der Waals surface area contributed by atoms with Crippen LogP contribution in [0.25, 0.3) is 0 Å². The van der Waals surface area contributed by atoms with E-state index in [9.17, 15) is 8.42 Å². The fourth-order valence-electron chi connectivity index (χ4n) is 3.16. The number of nitrogens with one attached hydrogen (secondary N) is 1. The van der Waals surface area contributed by atoms with Gasteiger partial charge in [0, 0.05) is 44.2 Å². The Morgan fingerprint density at radius 3 is 2.80 bits per heavy atom. The van der Waals surface area contributed by atoms with Crippen LogP contribution in [0.3, 0.4) is 0 Å². The van der Waals surface area contributed by atoms with E-state index in [0.29, 0.717) is 10.6 Å². The number of rotatable bonds is 3. The molecule has 2 aliphatic rings. The SMILES string of the molecule is COc1cccc2c1C(CN1CCNCC1)CS2(=O)=O. The zero-order chi connectivity index (χ0) is 14.2. The maximum Gasteiger partial charge on any atom is 0.179 e. The maximum absolute atomic E-state index is 12.3. The number of hydrogen-bond donors (Lipinski definition) is 1. The summed E-state index contributed by atoms with van der Waals surface area (Å²) in [5.41, 5.74) is 0.869. The first-order valence-electron chi connectivity index (χ1n) is 6.94. The summed E-state index contributed by atoms with van der Waals surface area (Å²) in [6.07, 6.45) is 0. The van der Waals surface area contributed by atoms with Gasteiger partial charge < -0.3 is 15.0 Å². The van der Waals surface area contributed by atoms with E-state index in [1.807, 2.05) is 6.07 Å². The largest absolute Gasteiger partial charge is 0.496 e. The lowest BCUT2D eigenvalue weighted by Crippen LogP contribution is -2.45. The molecule has 2 heterocycles. The molecule has 1 unspecified atom stereocenters. The molecule has 1 atom stereocenters. The van der Waals surface area contributed by atoms with E-state index in [1.165, 1.54) is 0 Å². The van der Waals surface area contributed by atoms with Crippen LogP contribution in [-0.4, -0.2) is 58.9 Å². The molecule has 0 aromatic heterocycles. The minimum absolute atomic E-state index is 0.0178. The number of nitrogens with zero attached hydrogens (tertiary/aromatic N) is 1. The van der Waals surface area contributed by atoms with Gasteiger partial charge in [-0.1, -0.05) is 6.07 Å². The van der Waals surface area contributed by atoms with Crippen molar-refractivity contribution in [3.8, 4) is 5.75 Å². The van der Waals surface area contributed by atoms with E-state index in [-0.39, 0.29) is 11.7 Å². The molecule has 0 saturated carbocycles. The lowest BCUT2D eigenvalue weighted by molar-refractivity contribution is 0.230. The van der Waals surface area contributed by atoms with Crippen LogP contribution in [0.1, 0.15) is 11.5 Å². The van der Waals surface area contributed by atoms with E-state index >= 15 is 0 Å². The maximum atomic E-state index is 12.3. The van der Waals surface area contributed by atoms with Crippen molar-refractivity contribution in [2.24, 2.45) is 0 Å². The minimum Gasteiger partial charge on any atom is -0.496 e. The summed E-state index contributed by atoms with van der Waals surface area (Å²) in [7, 11) is -1.56. The smallest absolute Gasteiger partial charge is 0.179 e. The molecule has 0 bridgehead atoms. The van der Waals surface area contributed by atoms with Gasteiger partial charge in [0.15, 0.2) is 9.84 Å². The summed E-state index contributed by atoms with van der Waals surface area (Å²) >= 11 is 0. The van der Waals surface area contributed by atoms with Crippen LogP contribution in [0.2, 0.25) is 0 Å². The van der Waals surface area contributed by atoms with Crippen LogP contribution in [0.5, 0.6) is 5.75 Å². The summed E-state index contributed by atoms with van der Waals surface area (Å²) in [5, 5.41) is 3.31. The van der Waals surface area contributed by atoms with Gasteiger partial charge >= 0.3 is 0 Å². The molecule has 1 fully saturated rings. The predicted molar refractivity (Wildman–Crippen MR) is 77.1 cm³/mol. The molecule has 6 heteroatoms. The van der Waals surface area contributed by atoms with E-state index in [2.05, 4.69) is 10.2 Å². The average Bonchev–Trinajstić information content (AvgIpc) is 2.71. The molecule has 0 amide bonds. The van der Waals surface area contributed by atoms with Crippen molar-refractivity contribution in [3.63, 3.8) is 0 Å². The Bertz CT molecular complexity index is 594. The van der Waals surface area contributed by atoms with E-state index in [4.69, 9.17) is 4.74 Å². The summed E-state index contributed by atoms with van der Waals surface area (Å²) < 4.78 is 29.9. The molecule has 0 spiro atoms. The van der Waals surface area contributed by atoms with Crippen LogP contribution >= 0.6 is 0 Å². The second-order valence-corrected chi connectivity index (χ2v) is 7.40. The quantitative estimate of drug-likeness (QED) is 0.879. The van der Waals surface area contributed by atoms with Gasteiger partial charge in [0.05, 0.1) is 17.8 Å². The van der Waals surface area contributed by atoms with Crippen LogP contribution < -0.4 is 10.1 Å². The topological polar surface area (TPSA) is 58.6 Å². The number of ether oxygens (including phenoxy) is 1. The third-order valence-electron chi connectivity index (χ3n) is 4.10. The van der Waals surface area contributed by atoms with Crippen molar-refractivity contribution in [1.82, 2.24) is 10.2 Å². The van der Waals surface area contributed by atoms with Crippen molar-refractivity contribution in [2.45, 2.75) is 10.8 Å². The summed E-state index contributed by atoms with van der Waals surface area (Å²) in [4.78, 5) is 2.79. The lowest BCUT2D eigenvalue weighted by Gasteiger charge is -2.29. The van der Waals surface area contributed by atoms with Crippen molar-refractivity contribution in [1.29, 1.82) is 0 Å². The third kappa shape index (κ3) is 2.43. The molecule has 5 nitrogen and oxygen atoms in total. The Kier molecular flexibility index (Phi) is 3.70. The Morgan fingerprint density at radius 1 is 1.35 bits per heavy atom. The van der Waals surface area contributed by atoms with Crippen LogP contribution in [-0.2, 0) is 9.84 Å². The first-order chi connectivity index (χ1) is 9.62. The normalized spacial score (nSPS) is 25.4. The Labute approximate surface area is 119 Å². The molecular weight excluding hydrogens is 276 g/mol. The zero-order valence-corrected chi connectivity index (χ0v) is 12.4. The standard InChI is InChI=1S/C14H20N2O3S/c1-19-12-3-2-4-13-14(12)11(10-20(13,17)18)9-16-7-5-15-6-8-16/h2-4,11,15H,5-10H2,1H3. The number of methoxy groups -OCH3 is 1. The first kappa shape index (κ1) is 13.9. The van der Waals surface area contributed by atoms with Gasteiger partial charge in [0.25, 0.3) is 0 Å². The highest BCUT2D eigenvalue weighted by atomic mass is 32.2. The van der Waals surface area contributed by atoms with Gasteiger partial charge in [0.1, 0.15) is 5.75 Å². The molecule has 1 saturated heterocycles. The van der Waals surface area contributed by atoms with Gasteiger partial charge in [0.2, 0.25) is 0 Å². The summed E-state index contributed by atoms with van der Waals surface area (Å²) in [6.45, 7) is 4.67. The van der Waals surface area contributed by atoms with Gasteiger partial charge in [-0.15, -0.1) is 0 Å². The van der Waals surface area contributed by atoms with E-state index < -0.39 is 9.84 Å². The molecule has 1 aromatic rings. The molecule has 1 N–H and O–H groups in total. The minimum atomic E-state index is -3.16. The van der Waals surface area contributed by atoms with Crippen molar-refractivity contribution in [2.75, 3.05) is 45.6 Å². The number of piperazine rings is 1. The molecule has 20 heavy (non-hydrogen) atoms. The number of hydrogen-bond acceptors (Lipinski definition) is 5. The fraction of sp³-hybridized carbons (Fsp3) is 0.571. The van der Waals surface area contributed by atoms with Gasteiger partial charge in [-0.2, -0.15) is 0 Å². The second kappa shape index (κ2) is 5.35. The first-order valence-corrected chi connectivity index (χ1v) is 8.60. The summed E-state index contributed by atoms with van der Waals surface area (Å²) in [5.74, 6) is 0.917. The molecular formula is C14H20N2O3S. The predicted octanol–water partition coefficient (Wildman–Crippen LogP) is 0.471. The van der Waals surface area contributed by atoms with E-state index in [0.717, 1.165) is 38.3 Å². The van der Waals surface area contributed by atoms with Gasteiger partial charge in [-0.05, 0) is 12.1 Å². The molecule has 1 aromatic carbocycles. The van der Waals surface area contributed by atoms with Gasteiger partial charge in [-0.3, -0.25) is 0 Å². The third-order valence-corrected chi connectivity index (χ3v) is 5.97.